The third kappa shape index (κ3) is 3.86. The fraction of sp³-hybridized carbons (Fsp3) is 0.500. The zero-order valence-electron chi connectivity index (χ0n) is 13.3. The van der Waals surface area contributed by atoms with E-state index in [0.717, 1.165) is 11.6 Å². The Bertz CT molecular complexity index is 573. The first-order valence-electron chi connectivity index (χ1n) is 7.35. The second-order valence-corrected chi connectivity index (χ2v) is 6.49. The van der Waals surface area contributed by atoms with Gasteiger partial charge in [-0.3, -0.25) is 0 Å². The van der Waals surface area contributed by atoms with E-state index in [2.05, 4.69) is 55.3 Å². The number of nitrogens with zero attached hydrogens (tertiary/aromatic N) is 3. The molecule has 5 heteroatoms. The Kier molecular flexibility index (Phi) is 5.06. The summed E-state index contributed by atoms with van der Waals surface area (Å²) in [6.45, 7) is 11.1. The highest BCUT2D eigenvalue weighted by Gasteiger charge is 2.42. The van der Waals surface area contributed by atoms with Gasteiger partial charge in [0.15, 0.2) is 0 Å². The Morgan fingerprint density at radius 1 is 1.24 bits per heavy atom. The van der Waals surface area contributed by atoms with Crippen LogP contribution in [0.25, 0.3) is 0 Å². The first kappa shape index (κ1) is 16.0. The lowest BCUT2D eigenvalue weighted by Gasteiger charge is -2.21. The fourth-order valence-corrected chi connectivity index (χ4v) is 2.65. The average molecular weight is 305 g/mol. The first-order valence-corrected chi connectivity index (χ1v) is 8.16. The summed E-state index contributed by atoms with van der Waals surface area (Å²) >= 11 is 1.63. The molecule has 1 unspecified atom stereocenters. The van der Waals surface area contributed by atoms with E-state index in [1.54, 1.807) is 11.8 Å². The molecular formula is C16H23N3OS. The van der Waals surface area contributed by atoms with E-state index >= 15 is 0 Å². The SMILES string of the molecule is CC.Cc1ccc(Sc2cn(C(C)(C)C3CO3)nn2)cc1. The topological polar surface area (TPSA) is 43.2 Å². The summed E-state index contributed by atoms with van der Waals surface area (Å²) in [5, 5.41) is 9.37. The van der Waals surface area contributed by atoms with Gasteiger partial charge in [0, 0.05) is 4.90 Å². The maximum absolute atomic E-state index is 5.37. The maximum Gasteiger partial charge on any atom is 0.143 e. The molecule has 0 radical (unpaired) electrons. The number of aromatic nitrogens is 3. The molecule has 4 nitrogen and oxygen atoms in total. The molecule has 0 amide bonds. The predicted octanol–water partition coefficient (Wildman–Crippen LogP) is 3.90. The van der Waals surface area contributed by atoms with Crippen molar-refractivity contribution in [2.75, 3.05) is 6.61 Å². The predicted molar refractivity (Wildman–Crippen MR) is 85.7 cm³/mol. The van der Waals surface area contributed by atoms with E-state index in [4.69, 9.17) is 4.74 Å². The van der Waals surface area contributed by atoms with E-state index in [0.29, 0.717) is 0 Å². The fourth-order valence-electron chi connectivity index (χ4n) is 1.91. The van der Waals surface area contributed by atoms with E-state index < -0.39 is 0 Å². The summed E-state index contributed by atoms with van der Waals surface area (Å²) in [6.07, 6.45) is 2.25. The quantitative estimate of drug-likeness (QED) is 0.804. The molecule has 1 saturated heterocycles. The molecule has 3 rings (SSSR count). The molecule has 21 heavy (non-hydrogen) atoms. The molecule has 2 heterocycles. The normalized spacial score (nSPS) is 17.1. The van der Waals surface area contributed by atoms with Crippen LogP contribution in [0.1, 0.15) is 33.3 Å². The molecule has 0 aliphatic carbocycles. The molecule has 1 atom stereocenters. The molecule has 0 saturated carbocycles. The van der Waals surface area contributed by atoms with Crippen LogP contribution in [0.5, 0.6) is 0 Å². The lowest BCUT2D eigenvalue weighted by molar-refractivity contribution is 0.220. The van der Waals surface area contributed by atoms with Crippen molar-refractivity contribution in [3.05, 3.63) is 36.0 Å². The summed E-state index contributed by atoms with van der Waals surface area (Å²) in [6, 6.07) is 8.42. The molecule has 1 aromatic carbocycles. The second-order valence-electron chi connectivity index (χ2n) is 5.39. The molecular weight excluding hydrogens is 282 g/mol. The smallest absolute Gasteiger partial charge is 0.143 e. The van der Waals surface area contributed by atoms with Crippen molar-refractivity contribution >= 4 is 11.8 Å². The number of epoxide rings is 1. The molecule has 0 spiro atoms. The van der Waals surface area contributed by atoms with Gasteiger partial charge in [0.2, 0.25) is 0 Å². The minimum absolute atomic E-state index is 0.126. The summed E-state index contributed by atoms with van der Waals surface area (Å²) in [5.41, 5.74) is 1.14. The van der Waals surface area contributed by atoms with Gasteiger partial charge in [-0.05, 0) is 32.9 Å². The van der Waals surface area contributed by atoms with E-state index in [9.17, 15) is 0 Å². The Morgan fingerprint density at radius 2 is 1.86 bits per heavy atom. The molecule has 0 bridgehead atoms. The summed E-state index contributed by atoms with van der Waals surface area (Å²) in [7, 11) is 0. The van der Waals surface area contributed by atoms with Gasteiger partial charge in [0.1, 0.15) is 11.1 Å². The van der Waals surface area contributed by atoms with Gasteiger partial charge < -0.3 is 4.74 Å². The molecule has 1 aliphatic rings. The van der Waals surface area contributed by atoms with Crippen LogP contribution in [0.3, 0.4) is 0 Å². The van der Waals surface area contributed by atoms with E-state index in [-0.39, 0.29) is 11.6 Å². The van der Waals surface area contributed by atoms with Gasteiger partial charge in [0.05, 0.1) is 18.3 Å². The minimum atomic E-state index is -0.126. The third-order valence-corrected chi connectivity index (χ3v) is 4.33. The zero-order chi connectivity index (χ0) is 15.5. The lowest BCUT2D eigenvalue weighted by Crippen LogP contribution is -2.33. The van der Waals surface area contributed by atoms with Gasteiger partial charge in [-0.15, -0.1) is 5.10 Å². The Hall–Kier alpha value is -1.33. The number of rotatable bonds is 4. The summed E-state index contributed by atoms with van der Waals surface area (Å²) in [5.74, 6) is 0. The van der Waals surface area contributed by atoms with Crippen molar-refractivity contribution in [3.8, 4) is 0 Å². The van der Waals surface area contributed by atoms with Crippen LogP contribution in [0.2, 0.25) is 0 Å². The largest absolute Gasteiger partial charge is 0.371 e. The Morgan fingerprint density at radius 3 is 2.43 bits per heavy atom. The van der Waals surface area contributed by atoms with Crippen LogP contribution in [0.15, 0.2) is 40.4 Å². The highest BCUT2D eigenvalue weighted by atomic mass is 32.2. The monoisotopic (exact) mass is 305 g/mol. The number of ether oxygens (including phenoxy) is 1. The molecule has 1 aromatic heterocycles. The molecule has 1 aliphatic heterocycles. The van der Waals surface area contributed by atoms with Crippen LogP contribution in [0, 0.1) is 6.92 Å². The van der Waals surface area contributed by atoms with E-state index in [1.807, 2.05) is 24.7 Å². The van der Waals surface area contributed by atoms with Crippen molar-refractivity contribution in [1.82, 2.24) is 15.0 Å². The van der Waals surface area contributed by atoms with Crippen molar-refractivity contribution in [2.45, 2.75) is 56.2 Å². The van der Waals surface area contributed by atoms with Crippen LogP contribution < -0.4 is 0 Å². The van der Waals surface area contributed by atoms with Gasteiger partial charge in [0.25, 0.3) is 0 Å². The Balaban J connectivity index is 0.000000774. The standard InChI is InChI=1S/C14H17N3OS.C2H6/c1-10-4-6-11(7-5-10)19-13-8-17(16-15-13)14(2,3)12-9-18-12;1-2/h4-8,12H,9H2,1-3H3;1-2H3. The van der Waals surface area contributed by atoms with Gasteiger partial charge in [-0.2, -0.15) is 0 Å². The van der Waals surface area contributed by atoms with Crippen LogP contribution in [-0.2, 0) is 10.3 Å². The van der Waals surface area contributed by atoms with Gasteiger partial charge in [-0.25, -0.2) is 4.68 Å². The molecule has 0 N–H and O–H groups in total. The number of benzene rings is 1. The van der Waals surface area contributed by atoms with Crippen LogP contribution in [0.4, 0.5) is 0 Å². The van der Waals surface area contributed by atoms with Crippen molar-refractivity contribution < 1.29 is 4.74 Å². The Labute approximate surface area is 130 Å². The zero-order valence-corrected chi connectivity index (χ0v) is 14.1. The average Bonchev–Trinajstić information content (AvgIpc) is 3.24. The number of hydrogen-bond donors (Lipinski definition) is 0. The summed E-state index contributed by atoms with van der Waals surface area (Å²) < 4.78 is 7.28. The lowest BCUT2D eigenvalue weighted by atomic mass is 10.0. The highest BCUT2D eigenvalue weighted by molar-refractivity contribution is 7.99. The molecule has 1 fully saturated rings. The van der Waals surface area contributed by atoms with Crippen LogP contribution >= 0.6 is 11.8 Å². The highest BCUT2D eigenvalue weighted by Crippen LogP contribution is 2.32. The maximum atomic E-state index is 5.37. The minimum Gasteiger partial charge on any atom is -0.371 e. The van der Waals surface area contributed by atoms with Gasteiger partial charge >= 0.3 is 0 Å². The summed E-state index contributed by atoms with van der Waals surface area (Å²) in [4.78, 5) is 1.18. The van der Waals surface area contributed by atoms with Crippen LogP contribution in [-0.4, -0.2) is 27.7 Å². The number of aryl methyl sites for hydroxylation is 1. The molecule has 2 aromatic rings. The van der Waals surface area contributed by atoms with E-state index in [1.165, 1.54) is 10.5 Å². The van der Waals surface area contributed by atoms with Crippen molar-refractivity contribution in [2.24, 2.45) is 0 Å². The van der Waals surface area contributed by atoms with Crippen molar-refractivity contribution in [1.29, 1.82) is 0 Å². The van der Waals surface area contributed by atoms with Gasteiger partial charge in [-0.1, -0.05) is 48.5 Å². The first-order chi connectivity index (χ1) is 10.1. The third-order valence-electron chi connectivity index (χ3n) is 3.43. The molecule has 114 valence electrons. The number of hydrogen-bond acceptors (Lipinski definition) is 4. The second kappa shape index (κ2) is 6.62. The van der Waals surface area contributed by atoms with Crippen molar-refractivity contribution in [3.63, 3.8) is 0 Å².